The number of ether oxygens (including phenoxy) is 1. The summed E-state index contributed by atoms with van der Waals surface area (Å²) in [6.45, 7) is 0.802. The summed E-state index contributed by atoms with van der Waals surface area (Å²) in [6, 6.07) is 12.9. The molecule has 0 bridgehead atoms. The molecule has 7 heteroatoms. The molecule has 29 heavy (non-hydrogen) atoms. The number of amides is 2. The lowest BCUT2D eigenvalue weighted by atomic mass is 9.78. The fourth-order valence-corrected chi connectivity index (χ4v) is 5.47. The molecular formula is C22H22ClN3O3. The Kier molecular flexibility index (Phi) is 4.29. The highest BCUT2D eigenvalue weighted by atomic mass is 35.5. The van der Waals surface area contributed by atoms with Gasteiger partial charge in [0.1, 0.15) is 11.3 Å². The molecule has 0 saturated carbocycles. The molecule has 3 atom stereocenters. The van der Waals surface area contributed by atoms with Gasteiger partial charge in [-0.25, -0.2) is 0 Å². The van der Waals surface area contributed by atoms with Gasteiger partial charge < -0.3 is 15.4 Å². The van der Waals surface area contributed by atoms with Gasteiger partial charge >= 0.3 is 0 Å². The van der Waals surface area contributed by atoms with Crippen LogP contribution in [0.3, 0.4) is 0 Å². The Morgan fingerprint density at radius 1 is 1.28 bits per heavy atom. The van der Waals surface area contributed by atoms with Gasteiger partial charge in [-0.05, 0) is 68.3 Å². The summed E-state index contributed by atoms with van der Waals surface area (Å²) in [7, 11) is 1.60. The van der Waals surface area contributed by atoms with Crippen LogP contribution in [0.4, 0.5) is 11.4 Å². The van der Waals surface area contributed by atoms with Crippen LogP contribution in [0.25, 0.3) is 0 Å². The fraction of sp³-hybridized carbons (Fsp3) is 0.364. The van der Waals surface area contributed by atoms with Crippen molar-refractivity contribution in [2.45, 2.75) is 30.8 Å². The van der Waals surface area contributed by atoms with Crippen LogP contribution in [0, 0.1) is 5.92 Å². The average molecular weight is 412 g/mol. The minimum atomic E-state index is -1.00. The number of carbonyl (C=O) groups is 2. The van der Waals surface area contributed by atoms with E-state index in [-0.39, 0.29) is 17.9 Å². The zero-order valence-corrected chi connectivity index (χ0v) is 16.8. The summed E-state index contributed by atoms with van der Waals surface area (Å²) in [5.74, 6) is -0.0454. The highest BCUT2D eigenvalue weighted by Gasteiger charge is 2.65. The van der Waals surface area contributed by atoms with Crippen molar-refractivity contribution >= 4 is 34.8 Å². The van der Waals surface area contributed by atoms with Gasteiger partial charge in [0.25, 0.3) is 0 Å². The third-order valence-electron chi connectivity index (χ3n) is 6.50. The Morgan fingerprint density at radius 3 is 2.83 bits per heavy atom. The molecule has 2 N–H and O–H groups in total. The van der Waals surface area contributed by atoms with E-state index in [9.17, 15) is 9.59 Å². The van der Waals surface area contributed by atoms with E-state index >= 15 is 0 Å². The van der Waals surface area contributed by atoms with Crippen molar-refractivity contribution in [3.8, 4) is 5.75 Å². The smallest absolute Gasteiger partial charge is 0.250 e. The monoisotopic (exact) mass is 411 g/mol. The quantitative estimate of drug-likeness (QED) is 0.809. The molecule has 150 valence electrons. The number of benzene rings is 2. The van der Waals surface area contributed by atoms with Gasteiger partial charge in [-0.15, -0.1) is 0 Å². The van der Waals surface area contributed by atoms with Crippen LogP contribution in [-0.4, -0.2) is 36.4 Å². The molecule has 6 nitrogen and oxygen atoms in total. The summed E-state index contributed by atoms with van der Waals surface area (Å²) in [4.78, 5) is 29.0. The lowest BCUT2D eigenvalue weighted by molar-refractivity contribution is -0.135. The lowest BCUT2D eigenvalue weighted by Gasteiger charge is -2.36. The number of hydrogen-bond donors (Lipinski definition) is 2. The van der Waals surface area contributed by atoms with E-state index in [1.807, 2.05) is 12.1 Å². The minimum Gasteiger partial charge on any atom is -0.497 e. The van der Waals surface area contributed by atoms with Crippen molar-refractivity contribution < 1.29 is 14.3 Å². The second-order valence-corrected chi connectivity index (χ2v) is 8.34. The molecule has 3 aliphatic heterocycles. The maximum Gasteiger partial charge on any atom is 0.250 e. The molecule has 2 aromatic carbocycles. The Balaban J connectivity index is 1.55. The number of nitrogens with one attached hydrogen (secondary N) is 2. The molecule has 2 aromatic rings. The summed E-state index contributed by atoms with van der Waals surface area (Å²) < 4.78 is 5.18. The van der Waals surface area contributed by atoms with Crippen molar-refractivity contribution in [3.63, 3.8) is 0 Å². The average Bonchev–Trinajstić information content (AvgIpc) is 3.37. The van der Waals surface area contributed by atoms with Gasteiger partial charge in [0.2, 0.25) is 11.8 Å². The predicted molar refractivity (Wildman–Crippen MR) is 111 cm³/mol. The highest BCUT2D eigenvalue weighted by Crippen LogP contribution is 2.55. The maximum absolute atomic E-state index is 13.4. The first-order valence-corrected chi connectivity index (χ1v) is 10.2. The third-order valence-corrected chi connectivity index (χ3v) is 6.74. The number of halogens is 1. The fourth-order valence-electron chi connectivity index (χ4n) is 5.30. The minimum absolute atomic E-state index is 0.131. The number of fused-ring (bicyclic) bond motifs is 4. The summed E-state index contributed by atoms with van der Waals surface area (Å²) in [5.41, 5.74) is 1.24. The predicted octanol–water partition coefficient (Wildman–Crippen LogP) is 3.62. The van der Waals surface area contributed by atoms with E-state index < -0.39 is 11.5 Å². The SMILES string of the molecule is COc1ccc(NC(=O)[C@@H]2C[C@H]3CCCN3[C@]23C(=O)Nc2ccc(Cl)cc23)cc1. The second kappa shape index (κ2) is 6.75. The van der Waals surface area contributed by atoms with Crippen LogP contribution in [0.1, 0.15) is 24.8 Å². The molecule has 3 aliphatic rings. The van der Waals surface area contributed by atoms with Gasteiger partial charge in [-0.1, -0.05) is 11.6 Å². The van der Waals surface area contributed by atoms with Crippen molar-refractivity contribution in [3.05, 3.63) is 53.1 Å². The van der Waals surface area contributed by atoms with Crippen molar-refractivity contribution in [2.75, 3.05) is 24.3 Å². The number of hydrogen-bond acceptors (Lipinski definition) is 4. The standard InChI is InChI=1S/C22H22ClN3O3/c1-29-16-7-5-14(6-8-16)24-20(27)18-12-15-3-2-10-26(15)22(18)17-11-13(23)4-9-19(17)25-21(22)28/h4-9,11,15,18H,2-3,10,12H2,1H3,(H,24,27)(H,25,28)/t15-,18+,22+/m1/s1. The third kappa shape index (κ3) is 2.66. The topological polar surface area (TPSA) is 70.7 Å². The number of rotatable bonds is 3. The van der Waals surface area contributed by atoms with E-state index in [4.69, 9.17) is 16.3 Å². The van der Waals surface area contributed by atoms with E-state index in [0.29, 0.717) is 17.1 Å². The van der Waals surface area contributed by atoms with Crippen LogP contribution in [0.15, 0.2) is 42.5 Å². The van der Waals surface area contributed by atoms with Crippen molar-refractivity contribution in [1.29, 1.82) is 0 Å². The van der Waals surface area contributed by atoms with Crippen LogP contribution in [-0.2, 0) is 15.1 Å². The number of nitrogens with zero attached hydrogens (tertiary/aromatic N) is 1. The molecule has 2 fully saturated rings. The van der Waals surface area contributed by atoms with E-state index in [2.05, 4.69) is 15.5 Å². The Labute approximate surface area is 174 Å². The van der Waals surface area contributed by atoms with Crippen molar-refractivity contribution in [2.24, 2.45) is 5.92 Å². The zero-order valence-electron chi connectivity index (χ0n) is 16.1. The largest absolute Gasteiger partial charge is 0.497 e. The normalized spacial score (nSPS) is 27.6. The molecular weight excluding hydrogens is 390 g/mol. The first kappa shape index (κ1) is 18.5. The molecule has 3 heterocycles. The molecule has 0 unspecified atom stereocenters. The molecule has 2 saturated heterocycles. The molecule has 5 rings (SSSR count). The molecule has 1 spiro atoms. The van der Waals surface area contributed by atoms with Crippen LogP contribution < -0.4 is 15.4 Å². The maximum atomic E-state index is 13.4. The number of methoxy groups -OCH3 is 1. The Morgan fingerprint density at radius 2 is 2.07 bits per heavy atom. The van der Waals surface area contributed by atoms with Gasteiger partial charge in [0.15, 0.2) is 0 Å². The van der Waals surface area contributed by atoms with Crippen LogP contribution in [0.5, 0.6) is 5.75 Å². The molecule has 0 aromatic heterocycles. The summed E-state index contributed by atoms with van der Waals surface area (Å²) >= 11 is 6.29. The Hall–Kier alpha value is -2.57. The zero-order chi connectivity index (χ0) is 20.2. The second-order valence-electron chi connectivity index (χ2n) is 7.91. The van der Waals surface area contributed by atoms with Crippen molar-refractivity contribution in [1.82, 2.24) is 4.90 Å². The van der Waals surface area contributed by atoms with Gasteiger partial charge in [-0.3, -0.25) is 14.5 Å². The van der Waals surface area contributed by atoms with Gasteiger partial charge in [-0.2, -0.15) is 0 Å². The summed E-state index contributed by atoms with van der Waals surface area (Å²) in [6.07, 6.45) is 2.68. The highest BCUT2D eigenvalue weighted by molar-refractivity contribution is 6.31. The number of anilines is 2. The Bertz CT molecular complexity index is 993. The van der Waals surface area contributed by atoms with Gasteiger partial charge in [0.05, 0.1) is 13.0 Å². The summed E-state index contributed by atoms with van der Waals surface area (Å²) in [5, 5.41) is 6.57. The molecule has 2 amide bonds. The first-order chi connectivity index (χ1) is 14.0. The lowest BCUT2D eigenvalue weighted by Crippen LogP contribution is -2.53. The number of carbonyl (C=O) groups excluding carboxylic acids is 2. The molecule has 0 aliphatic carbocycles. The van der Waals surface area contributed by atoms with E-state index in [0.717, 1.165) is 36.4 Å². The van der Waals surface area contributed by atoms with Crippen LogP contribution >= 0.6 is 11.6 Å². The van der Waals surface area contributed by atoms with E-state index in [1.54, 1.807) is 37.4 Å². The first-order valence-electron chi connectivity index (χ1n) is 9.87. The van der Waals surface area contributed by atoms with Gasteiger partial charge in [0, 0.05) is 28.0 Å². The molecule has 0 radical (unpaired) electrons. The van der Waals surface area contributed by atoms with Crippen LogP contribution in [0.2, 0.25) is 5.02 Å². The van der Waals surface area contributed by atoms with E-state index in [1.165, 1.54) is 0 Å².